The molecule has 1 aromatic carbocycles. The van der Waals surface area contributed by atoms with E-state index in [1.54, 1.807) is 12.1 Å². The Hall–Kier alpha value is -2.68. The molecule has 1 aromatic heterocycles. The first kappa shape index (κ1) is 16.7. The average Bonchev–Trinajstić information content (AvgIpc) is 2.55. The van der Waals surface area contributed by atoms with Gasteiger partial charge in [-0.05, 0) is 31.3 Å². The van der Waals surface area contributed by atoms with Crippen LogP contribution in [0.2, 0.25) is 0 Å². The Morgan fingerprint density at radius 3 is 2.52 bits per heavy atom. The second-order valence-electron chi connectivity index (χ2n) is 4.26. The van der Waals surface area contributed by atoms with E-state index in [1.807, 2.05) is 6.92 Å². The zero-order valence-corrected chi connectivity index (χ0v) is 13.7. The second-order valence-corrected chi connectivity index (χ2v) is 4.64. The molecule has 8 nitrogen and oxygen atoms in total. The predicted molar refractivity (Wildman–Crippen MR) is 87.4 cm³/mol. The summed E-state index contributed by atoms with van der Waals surface area (Å²) in [5, 5.41) is 10.1. The van der Waals surface area contributed by atoms with E-state index >= 15 is 0 Å². The van der Waals surface area contributed by atoms with E-state index < -0.39 is 5.56 Å². The van der Waals surface area contributed by atoms with Crippen molar-refractivity contribution in [3.05, 3.63) is 39.0 Å². The zero-order chi connectivity index (χ0) is 16.8. The Balaban J connectivity index is 2.46. The number of ether oxygens (including phenoxy) is 3. The average molecular weight is 336 g/mol. The van der Waals surface area contributed by atoms with Gasteiger partial charge in [0.2, 0.25) is 10.5 Å². The van der Waals surface area contributed by atoms with Gasteiger partial charge in [-0.3, -0.25) is 9.89 Å². The van der Waals surface area contributed by atoms with Crippen molar-refractivity contribution in [2.24, 2.45) is 5.10 Å². The normalized spacial score (nSPS) is 10.7. The lowest BCUT2D eigenvalue weighted by molar-refractivity contribution is 0.288. The first-order valence-electron chi connectivity index (χ1n) is 6.70. The van der Waals surface area contributed by atoms with Crippen LogP contribution in [0.5, 0.6) is 17.2 Å². The lowest BCUT2D eigenvalue weighted by atomic mass is 10.2. The van der Waals surface area contributed by atoms with Crippen LogP contribution in [0.3, 0.4) is 0 Å². The minimum Gasteiger partial charge on any atom is -0.493 e. The maximum atomic E-state index is 11.7. The van der Waals surface area contributed by atoms with Crippen molar-refractivity contribution < 1.29 is 14.2 Å². The number of hydrogen-bond donors (Lipinski definition) is 1. The molecule has 2 rings (SSSR count). The van der Waals surface area contributed by atoms with Gasteiger partial charge in [-0.2, -0.15) is 14.9 Å². The van der Waals surface area contributed by atoms with Crippen LogP contribution in [-0.4, -0.2) is 41.9 Å². The third-order valence-electron chi connectivity index (χ3n) is 2.83. The number of hydrogen-bond acceptors (Lipinski definition) is 7. The minimum atomic E-state index is -0.435. The lowest BCUT2D eigenvalue weighted by Gasteiger charge is -2.14. The van der Waals surface area contributed by atoms with E-state index in [0.717, 1.165) is 10.9 Å². The number of methoxy groups -OCH3 is 2. The maximum Gasteiger partial charge on any atom is 0.293 e. The van der Waals surface area contributed by atoms with Gasteiger partial charge in [0.05, 0.1) is 27.0 Å². The van der Waals surface area contributed by atoms with Crippen molar-refractivity contribution in [1.82, 2.24) is 14.9 Å². The molecule has 0 amide bonds. The number of nitrogens with zero attached hydrogens (tertiary/aromatic N) is 3. The first-order chi connectivity index (χ1) is 11.1. The van der Waals surface area contributed by atoms with Crippen molar-refractivity contribution in [2.45, 2.75) is 6.92 Å². The molecule has 0 radical (unpaired) electrons. The monoisotopic (exact) mass is 336 g/mol. The van der Waals surface area contributed by atoms with Crippen LogP contribution >= 0.6 is 12.2 Å². The smallest absolute Gasteiger partial charge is 0.293 e. The summed E-state index contributed by atoms with van der Waals surface area (Å²) < 4.78 is 17.3. The highest BCUT2D eigenvalue weighted by Crippen LogP contribution is 2.38. The summed E-state index contributed by atoms with van der Waals surface area (Å²) >= 11 is 4.97. The van der Waals surface area contributed by atoms with Crippen LogP contribution in [0, 0.1) is 4.77 Å². The molecule has 0 fully saturated rings. The summed E-state index contributed by atoms with van der Waals surface area (Å²) in [5.41, 5.74) is 0.218. The topological polar surface area (TPSA) is 90.7 Å². The molecule has 1 heterocycles. The highest BCUT2D eigenvalue weighted by Gasteiger charge is 2.13. The van der Waals surface area contributed by atoms with Crippen molar-refractivity contribution >= 4 is 18.4 Å². The molecule has 0 aliphatic carbocycles. The third-order valence-corrected chi connectivity index (χ3v) is 3.09. The summed E-state index contributed by atoms with van der Waals surface area (Å²) in [5.74, 6) is 1.51. The Morgan fingerprint density at radius 1 is 1.35 bits per heavy atom. The largest absolute Gasteiger partial charge is 0.493 e. The molecular formula is C14H16N4O4S. The molecule has 122 valence electrons. The number of nitrogens with one attached hydrogen (secondary N) is 1. The van der Waals surface area contributed by atoms with Gasteiger partial charge in [-0.25, -0.2) is 0 Å². The number of aromatic nitrogens is 3. The molecule has 0 spiro atoms. The van der Waals surface area contributed by atoms with E-state index in [-0.39, 0.29) is 4.77 Å². The molecule has 0 atom stereocenters. The van der Waals surface area contributed by atoms with E-state index in [4.69, 9.17) is 26.4 Å². The van der Waals surface area contributed by atoms with E-state index in [9.17, 15) is 4.79 Å². The van der Waals surface area contributed by atoms with Gasteiger partial charge in [-0.15, -0.1) is 0 Å². The summed E-state index contributed by atoms with van der Waals surface area (Å²) in [7, 11) is 3.06. The number of rotatable bonds is 6. The Bertz CT molecular complexity index is 775. The maximum absolute atomic E-state index is 11.7. The fourth-order valence-corrected chi connectivity index (χ4v) is 2.03. The summed E-state index contributed by atoms with van der Waals surface area (Å²) in [6, 6.07) is 3.44. The fraction of sp³-hybridized carbons (Fsp3) is 0.286. The van der Waals surface area contributed by atoms with Gasteiger partial charge in [0.15, 0.2) is 11.5 Å². The van der Waals surface area contributed by atoms with Crippen LogP contribution in [0.1, 0.15) is 12.5 Å². The summed E-state index contributed by atoms with van der Waals surface area (Å²) in [4.78, 5) is 11.7. The molecule has 2 aromatic rings. The molecule has 23 heavy (non-hydrogen) atoms. The molecule has 0 saturated heterocycles. The van der Waals surface area contributed by atoms with Gasteiger partial charge >= 0.3 is 0 Å². The minimum absolute atomic E-state index is 0.0959. The molecule has 1 N–H and O–H groups in total. The molecule has 0 saturated carbocycles. The van der Waals surface area contributed by atoms with Crippen LogP contribution in [0.15, 0.2) is 28.2 Å². The Labute approximate surface area is 137 Å². The first-order valence-corrected chi connectivity index (χ1v) is 7.11. The van der Waals surface area contributed by atoms with Gasteiger partial charge in [0, 0.05) is 5.56 Å². The van der Waals surface area contributed by atoms with Gasteiger partial charge in [-0.1, -0.05) is 0 Å². The van der Waals surface area contributed by atoms with E-state index in [0.29, 0.717) is 29.4 Å². The van der Waals surface area contributed by atoms with Crippen molar-refractivity contribution in [1.29, 1.82) is 0 Å². The van der Waals surface area contributed by atoms with E-state index in [2.05, 4.69) is 15.3 Å². The van der Waals surface area contributed by atoms with Crippen molar-refractivity contribution in [2.75, 3.05) is 20.8 Å². The predicted octanol–water partition coefficient (Wildman–Crippen LogP) is 1.60. The lowest BCUT2D eigenvalue weighted by Crippen LogP contribution is -2.18. The van der Waals surface area contributed by atoms with Gasteiger partial charge in [0.25, 0.3) is 5.56 Å². The second kappa shape index (κ2) is 7.54. The van der Waals surface area contributed by atoms with Crippen LogP contribution < -0.4 is 19.8 Å². The molecule has 9 heteroatoms. The fourth-order valence-electron chi connectivity index (χ4n) is 1.84. The molecule has 0 aliphatic rings. The number of aromatic amines is 1. The summed E-state index contributed by atoms with van der Waals surface area (Å²) in [6.07, 6.45) is 2.55. The Kier molecular flexibility index (Phi) is 5.47. The van der Waals surface area contributed by atoms with Crippen LogP contribution in [-0.2, 0) is 0 Å². The summed E-state index contributed by atoms with van der Waals surface area (Å²) in [6.45, 7) is 2.34. The SMILES string of the molecule is CCOc1c(OC)cc(/C=N\n2c(=O)cn[nH]c2=S)cc1OC. The highest BCUT2D eigenvalue weighted by molar-refractivity contribution is 7.71. The van der Waals surface area contributed by atoms with Crippen molar-refractivity contribution in [3.63, 3.8) is 0 Å². The van der Waals surface area contributed by atoms with Crippen LogP contribution in [0.4, 0.5) is 0 Å². The van der Waals surface area contributed by atoms with Gasteiger partial charge in [0.1, 0.15) is 6.20 Å². The number of benzene rings is 1. The Morgan fingerprint density at radius 2 is 2.00 bits per heavy atom. The molecule has 0 bridgehead atoms. The van der Waals surface area contributed by atoms with Crippen LogP contribution in [0.25, 0.3) is 0 Å². The molecule has 0 aliphatic heterocycles. The quantitative estimate of drug-likeness (QED) is 0.636. The molecular weight excluding hydrogens is 320 g/mol. The highest BCUT2D eigenvalue weighted by atomic mass is 32.1. The van der Waals surface area contributed by atoms with E-state index in [1.165, 1.54) is 20.4 Å². The molecule has 0 unspecified atom stereocenters. The number of H-pyrrole nitrogens is 1. The standard InChI is InChI=1S/C14H16N4O4S/c1-4-22-13-10(20-2)5-9(6-11(13)21-3)7-16-18-12(19)8-15-17-14(18)23/h5-8H,4H2,1-3H3,(H,17,23)/b16-7-. The third kappa shape index (κ3) is 3.75. The van der Waals surface area contributed by atoms with Crippen molar-refractivity contribution in [3.8, 4) is 17.2 Å². The zero-order valence-electron chi connectivity index (χ0n) is 12.9. The van der Waals surface area contributed by atoms with Gasteiger partial charge < -0.3 is 14.2 Å².